The molecular weight excluding hydrogens is 240 g/mol. The van der Waals surface area contributed by atoms with Crippen molar-refractivity contribution in [2.24, 2.45) is 0 Å². The molecule has 98 valence electrons. The average molecular weight is 256 g/mol. The number of rotatable bonds is 3. The highest BCUT2D eigenvalue weighted by Gasteiger charge is 2.15. The minimum absolute atomic E-state index is 0.165. The molecule has 1 amide bonds. The Morgan fingerprint density at radius 2 is 1.95 bits per heavy atom. The highest BCUT2D eigenvalue weighted by atomic mass is 16.2. The van der Waals surface area contributed by atoms with Gasteiger partial charge in [-0.05, 0) is 30.2 Å². The van der Waals surface area contributed by atoms with Crippen molar-refractivity contribution >= 4 is 5.91 Å². The summed E-state index contributed by atoms with van der Waals surface area (Å²) in [4.78, 5) is 27.8. The number of hydrogen-bond donors (Lipinski definition) is 1. The van der Waals surface area contributed by atoms with E-state index in [4.69, 9.17) is 0 Å². The number of nitrogens with zero attached hydrogens (tertiary/aromatic N) is 1. The van der Waals surface area contributed by atoms with Crippen molar-refractivity contribution in [2.45, 2.75) is 13.5 Å². The van der Waals surface area contributed by atoms with E-state index < -0.39 is 0 Å². The van der Waals surface area contributed by atoms with Crippen molar-refractivity contribution in [1.29, 1.82) is 0 Å². The molecule has 1 aromatic carbocycles. The van der Waals surface area contributed by atoms with E-state index in [0.29, 0.717) is 6.54 Å². The summed E-state index contributed by atoms with van der Waals surface area (Å²) in [6.07, 6.45) is 1.51. The topological polar surface area (TPSA) is 53.2 Å². The van der Waals surface area contributed by atoms with Crippen LogP contribution in [0.3, 0.4) is 0 Å². The van der Waals surface area contributed by atoms with Gasteiger partial charge in [0, 0.05) is 19.8 Å². The van der Waals surface area contributed by atoms with Crippen LogP contribution in [0.2, 0.25) is 0 Å². The van der Waals surface area contributed by atoms with E-state index in [1.165, 1.54) is 12.3 Å². The Labute approximate surface area is 111 Å². The van der Waals surface area contributed by atoms with Gasteiger partial charge in [0.2, 0.25) is 0 Å². The summed E-state index contributed by atoms with van der Waals surface area (Å²) >= 11 is 0. The van der Waals surface area contributed by atoms with Crippen molar-refractivity contribution < 1.29 is 4.79 Å². The Morgan fingerprint density at radius 1 is 1.21 bits per heavy atom. The minimum atomic E-state index is -0.357. The maximum atomic E-state index is 12.2. The van der Waals surface area contributed by atoms with E-state index in [1.54, 1.807) is 18.0 Å². The van der Waals surface area contributed by atoms with Crippen LogP contribution >= 0.6 is 0 Å². The van der Waals surface area contributed by atoms with Gasteiger partial charge in [-0.15, -0.1) is 0 Å². The van der Waals surface area contributed by atoms with Crippen LogP contribution in [0.4, 0.5) is 0 Å². The van der Waals surface area contributed by atoms with E-state index in [2.05, 4.69) is 4.98 Å². The van der Waals surface area contributed by atoms with Gasteiger partial charge in [-0.1, -0.05) is 24.3 Å². The second-order valence-corrected chi connectivity index (χ2v) is 4.50. The summed E-state index contributed by atoms with van der Waals surface area (Å²) in [6.45, 7) is 2.49. The molecule has 0 bridgehead atoms. The van der Waals surface area contributed by atoms with Crippen molar-refractivity contribution in [2.75, 3.05) is 7.05 Å². The molecule has 2 rings (SSSR count). The third kappa shape index (κ3) is 2.91. The monoisotopic (exact) mass is 256 g/mol. The van der Waals surface area contributed by atoms with Crippen LogP contribution in [0.15, 0.2) is 47.4 Å². The van der Waals surface area contributed by atoms with Crippen LogP contribution in [0.1, 0.15) is 21.5 Å². The van der Waals surface area contributed by atoms with Gasteiger partial charge >= 0.3 is 0 Å². The van der Waals surface area contributed by atoms with Gasteiger partial charge in [0.25, 0.3) is 11.5 Å². The molecule has 0 atom stereocenters. The van der Waals surface area contributed by atoms with E-state index in [9.17, 15) is 9.59 Å². The third-order valence-corrected chi connectivity index (χ3v) is 3.06. The number of H-pyrrole nitrogens is 1. The molecular formula is C15H16N2O2. The van der Waals surface area contributed by atoms with E-state index in [1.807, 2.05) is 31.2 Å². The number of pyridine rings is 1. The second-order valence-electron chi connectivity index (χ2n) is 4.50. The Morgan fingerprint density at radius 3 is 2.63 bits per heavy atom. The largest absolute Gasteiger partial charge is 0.337 e. The van der Waals surface area contributed by atoms with Gasteiger partial charge in [0.05, 0.1) is 0 Å². The first-order chi connectivity index (χ1) is 9.09. The first kappa shape index (κ1) is 13.1. The molecule has 1 heterocycles. The van der Waals surface area contributed by atoms with Crippen LogP contribution in [0.25, 0.3) is 0 Å². The van der Waals surface area contributed by atoms with E-state index in [-0.39, 0.29) is 17.0 Å². The first-order valence-electron chi connectivity index (χ1n) is 6.07. The summed E-state index contributed by atoms with van der Waals surface area (Å²) in [5, 5.41) is 0. The molecule has 1 aromatic heterocycles. The zero-order chi connectivity index (χ0) is 13.8. The molecule has 0 saturated carbocycles. The van der Waals surface area contributed by atoms with Crippen molar-refractivity contribution in [1.82, 2.24) is 9.88 Å². The Kier molecular flexibility index (Phi) is 3.80. The molecule has 0 aliphatic carbocycles. The van der Waals surface area contributed by atoms with Gasteiger partial charge in [0.15, 0.2) is 0 Å². The van der Waals surface area contributed by atoms with Crippen molar-refractivity contribution in [3.8, 4) is 0 Å². The Bertz CT molecular complexity index is 646. The zero-order valence-electron chi connectivity index (χ0n) is 11.0. The highest BCUT2D eigenvalue weighted by molar-refractivity contribution is 5.93. The van der Waals surface area contributed by atoms with Crippen LogP contribution in [-0.4, -0.2) is 22.8 Å². The fraction of sp³-hybridized carbons (Fsp3) is 0.200. The van der Waals surface area contributed by atoms with Gasteiger partial charge in [-0.3, -0.25) is 9.59 Å². The third-order valence-electron chi connectivity index (χ3n) is 3.06. The lowest BCUT2D eigenvalue weighted by Gasteiger charge is -2.18. The second kappa shape index (κ2) is 5.52. The molecule has 1 N–H and O–H groups in total. The van der Waals surface area contributed by atoms with Gasteiger partial charge in [-0.25, -0.2) is 0 Å². The smallest absolute Gasteiger partial charge is 0.260 e. The Balaban J connectivity index is 2.19. The normalized spacial score (nSPS) is 10.2. The van der Waals surface area contributed by atoms with Gasteiger partial charge in [-0.2, -0.15) is 0 Å². The molecule has 0 spiro atoms. The molecule has 0 radical (unpaired) electrons. The van der Waals surface area contributed by atoms with Crippen molar-refractivity contribution in [3.05, 3.63) is 69.6 Å². The Hall–Kier alpha value is -2.36. The molecule has 0 fully saturated rings. The molecule has 0 aliphatic rings. The number of nitrogens with one attached hydrogen (secondary N) is 1. The maximum Gasteiger partial charge on any atom is 0.260 e. The van der Waals surface area contributed by atoms with Crippen LogP contribution in [0.5, 0.6) is 0 Å². The summed E-state index contributed by atoms with van der Waals surface area (Å²) in [5.41, 5.74) is 2.01. The molecule has 0 saturated heterocycles. The number of hydrogen-bond acceptors (Lipinski definition) is 2. The molecule has 0 unspecified atom stereocenters. The quantitative estimate of drug-likeness (QED) is 0.912. The number of aryl methyl sites for hydroxylation is 1. The highest BCUT2D eigenvalue weighted by Crippen LogP contribution is 2.10. The number of carbonyl (C=O) groups excluding carboxylic acids is 1. The fourth-order valence-corrected chi connectivity index (χ4v) is 1.91. The zero-order valence-corrected chi connectivity index (χ0v) is 11.0. The number of amides is 1. The van der Waals surface area contributed by atoms with E-state index >= 15 is 0 Å². The lowest BCUT2D eigenvalue weighted by Crippen LogP contribution is -2.31. The minimum Gasteiger partial charge on any atom is -0.337 e. The van der Waals surface area contributed by atoms with Crippen LogP contribution in [0, 0.1) is 6.92 Å². The van der Waals surface area contributed by atoms with E-state index in [0.717, 1.165) is 11.1 Å². The fourth-order valence-electron chi connectivity index (χ4n) is 1.91. The maximum absolute atomic E-state index is 12.2. The van der Waals surface area contributed by atoms with Gasteiger partial charge < -0.3 is 9.88 Å². The summed E-state index contributed by atoms with van der Waals surface area (Å²) in [5.74, 6) is -0.273. The molecule has 19 heavy (non-hydrogen) atoms. The molecule has 2 aromatic rings. The summed E-state index contributed by atoms with van der Waals surface area (Å²) < 4.78 is 0. The average Bonchev–Trinajstić information content (AvgIpc) is 2.41. The molecule has 4 nitrogen and oxygen atoms in total. The van der Waals surface area contributed by atoms with Crippen LogP contribution in [-0.2, 0) is 6.54 Å². The first-order valence-corrected chi connectivity index (χ1v) is 6.07. The predicted octanol–water partition coefficient (Wildman–Crippen LogP) is 1.96. The predicted molar refractivity (Wildman–Crippen MR) is 74.0 cm³/mol. The lowest BCUT2D eigenvalue weighted by atomic mass is 10.1. The standard InChI is InChI=1S/C15H16N2O2/c1-11-6-3-4-7-12(11)10-17(2)15(19)13-8-5-9-16-14(13)18/h3-9H,10H2,1-2H3,(H,16,18). The number of aromatic amines is 1. The number of benzene rings is 1. The summed E-state index contributed by atoms with van der Waals surface area (Å²) in [7, 11) is 1.70. The van der Waals surface area contributed by atoms with Crippen LogP contribution < -0.4 is 5.56 Å². The number of carbonyl (C=O) groups is 1. The lowest BCUT2D eigenvalue weighted by molar-refractivity contribution is 0.0783. The summed E-state index contributed by atoms with van der Waals surface area (Å²) in [6, 6.07) is 11.1. The molecule has 4 heteroatoms. The van der Waals surface area contributed by atoms with Crippen molar-refractivity contribution in [3.63, 3.8) is 0 Å². The molecule has 0 aliphatic heterocycles. The number of aromatic nitrogens is 1. The SMILES string of the molecule is Cc1ccccc1CN(C)C(=O)c1ccc[nH]c1=O. The van der Waals surface area contributed by atoms with Gasteiger partial charge in [0.1, 0.15) is 5.56 Å².